The lowest BCUT2D eigenvalue weighted by molar-refractivity contribution is 0.768. The molecule has 9 rings (SSSR count). The van der Waals surface area contributed by atoms with Crippen molar-refractivity contribution in [2.24, 2.45) is 0 Å². The van der Waals surface area contributed by atoms with Crippen LogP contribution < -0.4 is 0 Å². The standard InChI is InChI=1S/C47H32N2/c1-4-15-34(16-5-1)44-32-45(49-46(48-44)35-17-6-2-7-18-35)37-20-14-19-36(31-37)33-27-29-39(30-28-33)47(38-21-8-3-9-22-38)42-25-12-10-23-40(42)41-24-11-13-26-43(41)47/h1-32H. The lowest BCUT2D eigenvalue weighted by Gasteiger charge is -2.34. The zero-order valence-corrected chi connectivity index (χ0v) is 26.9. The summed E-state index contributed by atoms with van der Waals surface area (Å²) in [7, 11) is 0. The fraction of sp³-hybridized carbons (Fsp3) is 0.0213. The Morgan fingerprint density at radius 2 is 0.776 bits per heavy atom. The molecule has 1 heterocycles. The van der Waals surface area contributed by atoms with Crippen molar-refractivity contribution in [3.8, 4) is 56.2 Å². The first-order chi connectivity index (χ1) is 24.3. The van der Waals surface area contributed by atoms with Gasteiger partial charge in [0.1, 0.15) is 0 Å². The second-order valence-electron chi connectivity index (χ2n) is 12.6. The van der Waals surface area contributed by atoms with E-state index in [1.165, 1.54) is 33.4 Å². The molecule has 1 aromatic heterocycles. The number of benzene rings is 7. The summed E-state index contributed by atoms with van der Waals surface area (Å²) < 4.78 is 0. The Balaban J connectivity index is 1.15. The summed E-state index contributed by atoms with van der Waals surface area (Å²) in [5, 5.41) is 0. The fourth-order valence-electron chi connectivity index (χ4n) is 7.55. The molecule has 0 unspecified atom stereocenters. The molecule has 2 heteroatoms. The van der Waals surface area contributed by atoms with Crippen molar-refractivity contribution in [1.82, 2.24) is 9.97 Å². The molecule has 2 nitrogen and oxygen atoms in total. The molecule has 8 aromatic rings. The molecule has 1 aliphatic rings. The molecular weight excluding hydrogens is 593 g/mol. The van der Waals surface area contributed by atoms with Gasteiger partial charge in [0.15, 0.2) is 5.82 Å². The van der Waals surface area contributed by atoms with Crippen molar-refractivity contribution in [3.63, 3.8) is 0 Å². The molecular formula is C47H32N2. The first kappa shape index (κ1) is 28.8. The van der Waals surface area contributed by atoms with Gasteiger partial charge >= 0.3 is 0 Å². The summed E-state index contributed by atoms with van der Waals surface area (Å²) >= 11 is 0. The van der Waals surface area contributed by atoms with E-state index in [0.717, 1.165) is 45.0 Å². The summed E-state index contributed by atoms with van der Waals surface area (Å²) in [5.74, 6) is 0.718. The normalized spacial score (nSPS) is 12.7. The zero-order chi connectivity index (χ0) is 32.6. The van der Waals surface area contributed by atoms with Gasteiger partial charge in [-0.25, -0.2) is 9.97 Å². The Morgan fingerprint density at radius 1 is 0.306 bits per heavy atom. The van der Waals surface area contributed by atoms with E-state index in [1.54, 1.807) is 0 Å². The Hall–Kier alpha value is -6.38. The van der Waals surface area contributed by atoms with E-state index in [9.17, 15) is 0 Å². The van der Waals surface area contributed by atoms with Crippen molar-refractivity contribution in [2.45, 2.75) is 5.41 Å². The molecule has 49 heavy (non-hydrogen) atoms. The van der Waals surface area contributed by atoms with Crippen LogP contribution in [0.2, 0.25) is 0 Å². The van der Waals surface area contributed by atoms with Crippen LogP contribution >= 0.6 is 0 Å². The minimum atomic E-state index is -0.405. The van der Waals surface area contributed by atoms with E-state index in [2.05, 4.69) is 158 Å². The zero-order valence-electron chi connectivity index (χ0n) is 26.9. The van der Waals surface area contributed by atoms with Gasteiger partial charge in [0.25, 0.3) is 0 Å². The summed E-state index contributed by atoms with van der Waals surface area (Å²) in [6.45, 7) is 0. The number of rotatable bonds is 6. The van der Waals surface area contributed by atoms with E-state index >= 15 is 0 Å². The average Bonchev–Trinajstić information content (AvgIpc) is 3.50. The quantitative estimate of drug-likeness (QED) is 0.184. The highest BCUT2D eigenvalue weighted by atomic mass is 14.9. The van der Waals surface area contributed by atoms with E-state index in [0.29, 0.717) is 0 Å². The number of nitrogens with zero attached hydrogens (tertiary/aromatic N) is 2. The second-order valence-corrected chi connectivity index (χ2v) is 12.6. The average molecular weight is 625 g/mol. The fourth-order valence-corrected chi connectivity index (χ4v) is 7.55. The lowest BCUT2D eigenvalue weighted by atomic mass is 9.67. The third-order valence-electron chi connectivity index (χ3n) is 9.80. The molecule has 0 aliphatic heterocycles. The van der Waals surface area contributed by atoms with Crippen LogP contribution in [0, 0.1) is 0 Å². The topological polar surface area (TPSA) is 25.8 Å². The molecule has 0 amide bonds. The highest BCUT2D eigenvalue weighted by Gasteiger charge is 2.45. The second kappa shape index (κ2) is 12.0. The van der Waals surface area contributed by atoms with Crippen molar-refractivity contribution in [2.75, 3.05) is 0 Å². The van der Waals surface area contributed by atoms with Gasteiger partial charge < -0.3 is 0 Å². The van der Waals surface area contributed by atoms with Gasteiger partial charge in [-0.2, -0.15) is 0 Å². The molecule has 0 saturated heterocycles. The maximum atomic E-state index is 5.07. The van der Waals surface area contributed by atoms with Crippen molar-refractivity contribution < 1.29 is 0 Å². The summed E-state index contributed by atoms with van der Waals surface area (Å²) in [6.07, 6.45) is 0. The van der Waals surface area contributed by atoms with Gasteiger partial charge in [-0.3, -0.25) is 0 Å². The van der Waals surface area contributed by atoms with Gasteiger partial charge in [-0.1, -0.05) is 182 Å². The first-order valence-corrected chi connectivity index (χ1v) is 16.8. The van der Waals surface area contributed by atoms with Crippen LogP contribution in [0.4, 0.5) is 0 Å². The van der Waals surface area contributed by atoms with Crippen molar-refractivity contribution in [1.29, 1.82) is 0 Å². The van der Waals surface area contributed by atoms with E-state index in [1.807, 2.05) is 36.4 Å². The summed E-state index contributed by atoms with van der Waals surface area (Å²) in [5.41, 5.74) is 14.6. The maximum absolute atomic E-state index is 5.07. The molecule has 0 fully saturated rings. The van der Waals surface area contributed by atoms with Crippen LogP contribution in [0.5, 0.6) is 0 Å². The molecule has 0 spiro atoms. The summed E-state index contributed by atoms with van der Waals surface area (Å²) in [4.78, 5) is 10.1. The van der Waals surface area contributed by atoms with Gasteiger partial charge in [0, 0.05) is 16.7 Å². The molecule has 0 atom stereocenters. The largest absolute Gasteiger partial charge is 0.228 e. The minimum absolute atomic E-state index is 0.405. The van der Waals surface area contributed by atoms with Crippen LogP contribution in [0.3, 0.4) is 0 Å². The lowest BCUT2D eigenvalue weighted by Crippen LogP contribution is -2.28. The Kier molecular flexibility index (Phi) is 7.06. The van der Waals surface area contributed by atoms with Crippen LogP contribution in [0.25, 0.3) is 56.2 Å². The van der Waals surface area contributed by atoms with Crippen LogP contribution in [-0.2, 0) is 5.41 Å². The monoisotopic (exact) mass is 624 g/mol. The molecule has 0 saturated carbocycles. The number of hydrogen-bond acceptors (Lipinski definition) is 2. The molecule has 7 aromatic carbocycles. The summed E-state index contributed by atoms with van der Waals surface area (Å²) in [6, 6.07) is 69.2. The minimum Gasteiger partial charge on any atom is -0.228 e. The highest BCUT2D eigenvalue weighted by molar-refractivity contribution is 5.86. The smallest absolute Gasteiger partial charge is 0.160 e. The number of hydrogen-bond donors (Lipinski definition) is 0. The SMILES string of the molecule is c1ccc(-c2cc(-c3cccc(-c4ccc(C5(c6ccccc6)c6ccccc6-c6ccccc65)cc4)c3)nc(-c3ccccc3)n2)cc1. The van der Waals surface area contributed by atoms with E-state index in [-0.39, 0.29) is 0 Å². The Morgan fingerprint density at radius 3 is 1.41 bits per heavy atom. The molecule has 1 aliphatic carbocycles. The van der Waals surface area contributed by atoms with Gasteiger partial charge in [0.2, 0.25) is 0 Å². The molecule has 0 radical (unpaired) electrons. The molecule has 0 N–H and O–H groups in total. The first-order valence-electron chi connectivity index (χ1n) is 16.8. The van der Waals surface area contributed by atoms with Crippen LogP contribution in [0.1, 0.15) is 22.3 Å². The Bertz CT molecular complexity index is 2310. The van der Waals surface area contributed by atoms with Crippen molar-refractivity contribution >= 4 is 0 Å². The number of aromatic nitrogens is 2. The van der Waals surface area contributed by atoms with Gasteiger partial charge in [-0.15, -0.1) is 0 Å². The van der Waals surface area contributed by atoms with Crippen molar-refractivity contribution in [3.05, 3.63) is 216 Å². The number of fused-ring (bicyclic) bond motifs is 3. The molecule has 0 bridgehead atoms. The van der Waals surface area contributed by atoms with E-state index in [4.69, 9.17) is 9.97 Å². The van der Waals surface area contributed by atoms with Gasteiger partial charge in [0.05, 0.1) is 16.8 Å². The van der Waals surface area contributed by atoms with Crippen LogP contribution in [-0.4, -0.2) is 9.97 Å². The van der Waals surface area contributed by atoms with E-state index < -0.39 is 5.41 Å². The third kappa shape index (κ3) is 4.89. The Labute approximate surface area is 287 Å². The third-order valence-corrected chi connectivity index (χ3v) is 9.80. The van der Waals surface area contributed by atoms with Crippen LogP contribution in [0.15, 0.2) is 194 Å². The predicted octanol–water partition coefficient (Wildman–Crippen LogP) is 11.5. The predicted molar refractivity (Wildman–Crippen MR) is 201 cm³/mol. The highest BCUT2D eigenvalue weighted by Crippen LogP contribution is 2.56. The molecule has 230 valence electrons. The van der Waals surface area contributed by atoms with Gasteiger partial charge in [-0.05, 0) is 56.6 Å². The maximum Gasteiger partial charge on any atom is 0.160 e.